The highest BCUT2D eigenvalue weighted by Crippen LogP contribution is 2.40. The van der Waals surface area contributed by atoms with Gasteiger partial charge < -0.3 is 5.11 Å². The maximum atomic E-state index is 13.4. The zero-order valence-electron chi connectivity index (χ0n) is 14.8. The lowest BCUT2D eigenvalue weighted by Crippen LogP contribution is -2.54. The van der Waals surface area contributed by atoms with Crippen molar-refractivity contribution in [2.24, 2.45) is 0 Å². The van der Waals surface area contributed by atoms with Crippen molar-refractivity contribution < 1.29 is 24.3 Å². The molecule has 140 valence electrons. The Balaban J connectivity index is 1.60. The number of hydrogen-bond donors (Lipinski definition) is 1. The Morgan fingerprint density at radius 1 is 0.893 bits per heavy atom. The van der Waals surface area contributed by atoms with Gasteiger partial charge >= 0.3 is 5.97 Å². The number of carbonyl (C=O) groups excluding carboxylic acids is 3. The molecule has 0 radical (unpaired) electrons. The number of anilines is 1. The van der Waals surface area contributed by atoms with Crippen LogP contribution in [0.25, 0.3) is 0 Å². The van der Waals surface area contributed by atoms with Crippen molar-refractivity contribution in [1.29, 1.82) is 0 Å². The molecule has 0 unspecified atom stereocenters. The predicted octanol–water partition coefficient (Wildman–Crippen LogP) is 1.64. The monoisotopic (exact) mass is 376 g/mol. The maximum Gasteiger partial charge on any atom is 0.327 e. The van der Waals surface area contributed by atoms with Crippen LogP contribution in [0.4, 0.5) is 5.69 Å². The van der Waals surface area contributed by atoms with Crippen LogP contribution in [0, 0.1) is 0 Å². The first-order valence-corrected chi connectivity index (χ1v) is 9.12. The highest BCUT2D eigenvalue weighted by atomic mass is 16.4. The summed E-state index contributed by atoms with van der Waals surface area (Å²) in [5.41, 5.74) is 2.85. The van der Waals surface area contributed by atoms with Gasteiger partial charge in [0.2, 0.25) is 0 Å². The van der Waals surface area contributed by atoms with Gasteiger partial charge in [0.25, 0.3) is 17.7 Å². The summed E-state index contributed by atoms with van der Waals surface area (Å²) < 4.78 is 0. The fourth-order valence-corrected chi connectivity index (χ4v) is 4.54. The average molecular weight is 376 g/mol. The van der Waals surface area contributed by atoms with Crippen LogP contribution in [0.1, 0.15) is 38.3 Å². The topological polar surface area (TPSA) is 95.0 Å². The van der Waals surface area contributed by atoms with E-state index in [-0.39, 0.29) is 24.0 Å². The Morgan fingerprint density at radius 3 is 2.18 bits per heavy atom. The van der Waals surface area contributed by atoms with Crippen LogP contribution >= 0.6 is 0 Å². The van der Waals surface area contributed by atoms with E-state index in [1.807, 2.05) is 18.2 Å². The number of benzene rings is 2. The van der Waals surface area contributed by atoms with Crippen LogP contribution < -0.4 is 4.90 Å². The molecule has 0 saturated heterocycles. The first-order chi connectivity index (χ1) is 13.5. The summed E-state index contributed by atoms with van der Waals surface area (Å²) in [6, 6.07) is 9.98. The van der Waals surface area contributed by atoms with Crippen molar-refractivity contribution in [3.63, 3.8) is 0 Å². The lowest BCUT2D eigenvalue weighted by Gasteiger charge is -2.29. The highest BCUT2D eigenvalue weighted by molar-refractivity contribution is 6.23. The third-order valence-corrected chi connectivity index (χ3v) is 5.80. The number of aliphatic carboxylic acids is 1. The number of fused-ring (bicyclic) bond motifs is 1. The molecule has 0 bridgehead atoms. The van der Waals surface area contributed by atoms with E-state index in [1.165, 1.54) is 4.90 Å². The fraction of sp³-hybridized carbons (Fsp3) is 0.238. The van der Waals surface area contributed by atoms with Crippen LogP contribution in [0.3, 0.4) is 0 Å². The van der Waals surface area contributed by atoms with Crippen molar-refractivity contribution in [3.8, 4) is 0 Å². The van der Waals surface area contributed by atoms with Crippen LogP contribution in [0.15, 0.2) is 42.5 Å². The molecule has 5 rings (SSSR count). The average Bonchev–Trinajstić information content (AvgIpc) is 3.15. The molecule has 7 nitrogen and oxygen atoms in total. The summed E-state index contributed by atoms with van der Waals surface area (Å²) in [5.74, 6) is -2.61. The summed E-state index contributed by atoms with van der Waals surface area (Å²) in [7, 11) is 0. The molecule has 0 aliphatic carbocycles. The zero-order valence-corrected chi connectivity index (χ0v) is 14.8. The Labute approximate surface area is 160 Å². The fourth-order valence-electron chi connectivity index (χ4n) is 4.54. The van der Waals surface area contributed by atoms with Gasteiger partial charge in [-0.2, -0.15) is 0 Å². The predicted molar refractivity (Wildman–Crippen MR) is 98.1 cm³/mol. The smallest absolute Gasteiger partial charge is 0.327 e. The van der Waals surface area contributed by atoms with E-state index in [4.69, 9.17) is 0 Å². The van der Waals surface area contributed by atoms with E-state index >= 15 is 0 Å². The number of nitrogens with zero attached hydrogens (tertiary/aromatic N) is 2. The van der Waals surface area contributed by atoms with Crippen LogP contribution in [-0.4, -0.2) is 45.8 Å². The number of hydrogen-bond acceptors (Lipinski definition) is 4. The minimum absolute atomic E-state index is 0.221. The van der Waals surface area contributed by atoms with Crippen molar-refractivity contribution >= 4 is 29.4 Å². The van der Waals surface area contributed by atoms with Crippen molar-refractivity contribution in [3.05, 3.63) is 64.7 Å². The molecule has 3 aliphatic rings. The van der Waals surface area contributed by atoms with Gasteiger partial charge in [-0.25, -0.2) is 4.79 Å². The van der Waals surface area contributed by atoms with Crippen LogP contribution in [0.2, 0.25) is 0 Å². The summed E-state index contributed by atoms with van der Waals surface area (Å²) in [5, 5.41) is 9.67. The summed E-state index contributed by atoms with van der Waals surface area (Å²) in [6.45, 7) is 0. The number of rotatable bonds is 2. The standard InChI is InChI=1S/C21H16N2O5/c24-18-13-6-1-2-7-14(13)19(25)23(18)15-9-8-11-4-3-5-12-10-16(21(27)28)22(17(11)12)20(15)26/h1-7,15-16H,8-10H2,(H,27,28)/t15-,16-/m0/s1. The van der Waals surface area contributed by atoms with Crippen molar-refractivity contribution in [1.82, 2.24) is 4.90 Å². The Bertz CT molecular complexity index is 1040. The Hall–Kier alpha value is -3.48. The molecule has 2 atom stereocenters. The van der Waals surface area contributed by atoms with Gasteiger partial charge in [0, 0.05) is 6.42 Å². The molecule has 0 saturated carbocycles. The molecular formula is C21H16N2O5. The van der Waals surface area contributed by atoms with Gasteiger partial charge in [-0.1, -0.05) is 30.3 Å². The van der Waals surface area contributed by atoms with Gasteiger partial charge in [-0.05, 0) is 36.1 Å². The van der Waals surface area contributed by atoms with E-state index in [0.29, 0.717) is 12.1 Å². The molecule has 28 heavy (non-hydrogen) atoms. The number of imide groups is 1. The first-order valence-electron chi connectivity index (χ1n) is 9.12. The van der Waals surface area contributed by atoms with E-state index < -0.39 is 35.8 Å². The number of carbonyl (C=O) groups is 4. The van der Waals surface area contributed by atoms with Gasteiger partial charge in [0.15, 0.2) is 0 Å². The lowest BCUT2D eigenvalue weighted by molar-refractivity contribution is -0.140. The first kappa shape index (κ1) is 16.7. The molecule has 3 aliphatic heterocycles. The van der Waals surface area contributed by atoms with E-state index in [9.17, 15) is 24.3 Å². The molecule has 0 aromatic heterocycles. The molecule has 3 heterocycles. The van der Waals surface area contributed by atoms with E-state index in [1.54, 1.807) is 24.3 Å². The highest BCUT2D eigenvalue weighted by Gasteiger charge is 2.49. The van der Waals surface area contributed by atoms with Crippen molar-refractivity contribution in [2.45, 2.75) is 31.3 Å². The summed E-state index contributed by atoms with van der Waals surface area (Å²) in [4.78, 5) is 53.3. The van der Waals surface area contributed by atoms with Crippen LogP contribution in [0.5, 0.6) is 0 Å². The number of amides is 3. The van der Waals surface area contributed by atoms with Crippen molar-refractivity contribution in [2.75, 3.05) is 4.90 Å². The zero-order chi connectivity index (χ0) is 19.6. The quantitative estimate of drug-likeness (QED) is 0.804. The lowest BCUT2D eigenvalue weighted by atomic mass is 10.0. The van der Waals surface area contributed by atoms with Crippen LogP contribution in [-0.2, 0) is 22.4 Å². The molecule has 0 fully saturated rings. The number of para-hydroxylation sites is 1. The molecule has 0 spiro atoms. The van der Waals surface area contributed by atoms with Gasteiger partial charge in [-0.15, -0.1) is 0 Å². The Kier molecular flexibility index (Phi) is 3.43. The molecule has 2 aromatic carbocycles. The maximum absolute atomic E-state index is 13.4. The van der Waals surface area contributed by atoms with Gasteiger partial charge in [0.1, 0.15) is 12.1 Å². The van der Waals surface area contributed by atoms with Gasteiger partial charge in [-0.3, -0.25) is 24.2 Å². The molecule has 1 N–H and O–H groups in total. The normalized spacial score (nSPS) is 22.9. The third kappa shape index (κ3) is 2.10. The second-order valence-electron chi connectivity index (χ2n) is 7.27. The molecular weight excluding hydrogens is 360 g/mol. The second kappa shape index (κ2) is 5.76. The minimum atomic E-state index is -1.10. The number of carboxylic acids is 1. The number of carboxylic acid groups (broad SMARTS) is 1. The summed E-state index contributed by atoms with van der Waals surface area (Å²) >= 11 is 0. The Morgan fingerprint density at radius 2 is 1.54 bits per heavy atom. The largest absolute Gasteiger partial charge is 0.480 e. The second-order valence-corrected chi connectivity index (χ2v) is 7.27. The SMILES string of the molecule is O=C(O)[C@@H]1Cc2cccc3c2N1C(=O)[C@@H](N1C(=O)c2ccccc2C1=O)CC3. The minimum Gasteiger partial charge on any atom is -0.480 e. The van der Waals surface area contributed by atoms with E-state index in [0.717, 1.165) is 16.0 Å². The molecule has 2 aromatic rings. The number of aryl methyl sites for hydroxylation is 1. The summed E-state index contributed by atoms with van der Waals surface area (Å²) in [6.07, 6.45) is 0.971. The van der Waals surface area contributed by atoms with E-state index in [2.05, 4.69) is 0 Å². The third-order valence-electron chi connectivity index (χ3n) is 5.80. The molecule has 7 heteroatoms. The van der Waals surface area contributed by atoms with Gasteiger partial charge in [0.05, 0.1) is 16.8 Å². The molecule has 3 amide bonds.